The molecule has 0 aliphatic carbocycles. The molecule has 1 heterocycles. The fourth-order valence-corrected chi connectivity index (χ4v) is 3.06. The molecule has 0 radical (unpaired) electrons. The standard InChI is InChI=1S/C18H13Cl3N2O3/c1-2-26-18(25)15-17(24)16(10-3-5-11(19)6-4-10)23(22-15)14-8-7-12(20)9-13(14)21/h3-9,24H,2H2,1H3. The Labute approximate surface area is 164 Å². The Hall–Kier alpha value is -2.21. The molecule has 5 nitrogen and oxygen atoms in total. The van der Waals surface area contributed by atoms with E-state index < -0.39 is 5.97 Å². The Morgan fingerprint density at radius 1 is 1.12 bits per heavy atom. The molecular formula is C18H13Cl3N2O3. The molecule has 0 unspecified atom stereocenters. The summed E-state index contributed by atoms with van der Waals surface area (Å²) in [7, 11) is 0. The van der Waals surface area contributed by atoms with E-state index >= 15 is 0 Å². The SMILES string of the molecule is CCOC(=O)c1nn(-c2ccc(Cl)cc2Cl)c(-c2ccc(Cl)cc2)c1O. The summed E-state index contributed by atoms with van der Waals surface area (Å²) in [6.07, 6.45) is 0. The van der Waals surface area contributed by atoms with Gasteiger partial charge in [0.2, 0.25) is 5.69 Å². The highest BCUT2D eigenvalue weighted by atomic mass is 35.5. The van der Waals surface area contributed by atoms with Crippen molar-refractivity contribution in [3.05, 3.63) is 63.2 Å². The third-order valence-corrected chi connectivity index (χ3v) is 4.37. The minimum absolute atomic E-state index is 0.156. The van der Waals surface area contributed by atoms with Crippen molar-refractivity contribution < 1.29 is 14.6 Å². The van der Waals surface area contributed by atoms with Crippen LogP contribution < -0.4 is 0 Å². The van der Waals surface area contributed by atoms with Crippen molar-refractivity contribution in [2.75, 3.05) is 6.61 Å². The monoisotopic (exact) mass is 410 g/mol. The van der Waals surface area contributed by atoms with E-state index in [1.165, 1.54) is 4.68 Å². The highest BCUT2D eigenvalue weighted by Crippen LogP contribution is 2.37. The molecule has 3 aromatic rings. The number of halogens is 3. The molecular weight excluding hydrogens is 399 g/mol. The molecule has 2 aromatic carbocycles. The summed E-state index contributed by atoms with van der Waals surface area (Å²) in [5.41, 5.74) is 1.13. The first-order valence-corrected chi connectivity index (χ1v) is 8.76. The first-order valence-electron chi connectivity index (χ1n) is 7.62. The summed E-state index contributed by atoms with van der Waals surface area (Å²) in [4.78, 5) is 12.2. The highest BCUT2D eigenvalue weighted by molar-refractivity contribution is 6.35. The molecule has 0 saturated heterocycles. The number of rotatable bonds is 4. The van der Waals surface area contributed by atoms with Gasteiger partial charge in [0.25, 0.3) is 0 Å². The molecule has 134 valence electrons. The Kier molecular flexibility index (Phi) is 5.41. The lowest BCUT2D eigenvalue weighted by Crippen LogP contribution is -2.07. The Bertz CT molecular complexity index is 969. The maximum Gasteiger partial charge on any atom is 0.362 e. The van der Waals surface area contributed by atoms with Gasteiger partial charge in [-0.15, -0.1) is 0 Å². The van der Waals surface area contributed by atoms with Crippen LogP contribution in [-0.4, -0.2) is 27.5 Å². The molecule has 3 rings (SSSR count). The Balaban J connectivity index is 2.26. The molecule has 8 heteroatoms. The van der Waals surface area contributed by atoms with Gasteiger partial charge in [0.05, 0.1) is 17.3 Å². The van der Waals surface area contributed by atoms with E-state index in [4.69, 9.17) is 39.5 Å². The summed E-state index contributed by atoms with van der Waals surface area (Å²) in [6, 6.07) is 11.6. The van der Waals surface area contributed by atoms with Crippen LogP contribution >= 0.6 is 34.8 Å². The van der Waals surface area contributed by atoms with E-state index in [-0.39, 0.29) is 23.7 Å². The lowest BCUT2D eigenvalue weighted by Gasteiger charge is -2.10. The van der Waals surface area contributed by atoms with E-state index in [0.717, 1.165) is 0 Å². The van der Waals surface area contributed by atoms with E-state index in [1.807, 2.05) is 0 Å². The van der Waals surface area contributed by atoms with Gasteiger partial charge in [0, 0.05) is 15.6 Å². The molecule has 26 heavy (non-hydrogen) atoms. The second-order valence-corrected chi connectivity index (χ2v) is 6.56. The van der Waals surface area contributed by atoms with E-state index in [0.29, 0.717) is 26.3 Å². The summed E-state index contributed by atoms with van der Waals surface area (Å²) in [6.45, 7) is 1.82. The summed E-state index contributed by atoms with van der Waals surface area (Å²) in [5, 5.41) is 16.2. The van der Waals surface area contributed by atoms with Crippen molar-refractivity contribution in [1.29, 1.82) is 0 Å². The number of ether oxygens (including phenoxy) is 1. The average molecular weight is 412 g/mol. The van der Waals surface area contributed by atoms with Gasteiger partial charge in [0.15, 0.2) is 5.75 Å². The zero-order valence-electron chi connectivity index (χ0n) is 13.5. The lowest BCUT2D eigenvalue weighted by molar-refractivity contribution is 0.0515. The number of aromatic nitrogens is 2. The first kappa shape index (κ1) is 18.6. The van der Waals surface area contributed by atoms with Gasteiger partial charge in [-0.25, -0.2) is 9.48 Å². The predicted molar refractivity (Wildman–Crippen MR) is 102 cm³/mol. The van der Waals surface area contributed by atoms with Crippen LogP contribution in [0.1, 0.15) is 17.4 Å². The van der Waals surface area contributed by atoms with Crippen LogP contribution in [0.3, 0.4) is 0 Å². The normalized spacial score (nSPS) is 10.8. The van der Waals surface area contributed by atoms with Crippen molar-refractivity contribution in [3.8, 4) is 22.7 Å². The molecule has 1 N–H and O–H groups in total. The van der Waals surface area contributed by atoms with E-state index in [1.54, 1.807) is 49.4 Å². The zero-order valence-corrected chi connectivity index (χ0v) is 15.8. The number of esters is 1. The minimum Gasteiger partial charge on any atom is -0.504 e. The lowest BCUT2D eigenvalue weighted by atomic mass is 10.1. The number of hydrogen-bond donors (Lipinski definition) is 1. The van der Waals surface area contributed by atoms with Gasteiger partial charge in [-0.3, -0.25) is 0 Å². The van der Waals surface area contributed by atoms with Crippen molar-refractivity contribution in [2.24, 2.45) is 0 Å². The van der Waals surface area contributed by atoms with Crippen molar-refractivity contribution in [3.63, 3.8) is 0 Å². The zero-order chi connectivity index (χ0) is 18.8. The van der Waals surface area contributed by atoms with Gasteiger partial charge < -0.3 is 9.84 Å². The van der Waals surface area contributed by atoms with Crippen LogP contribution in [0, 0.1) is 0 Å². The third-order valence-electron chi connectivity index (χ3n) is 3.58. The van der Waals surface area contributed by atoms with Gasteiger partial charge in [-0.1, -0.05) is 46.9 Å². The summed E-state index contributed by atoms with van der Waals surface area (Å²) >= 11 is 18.2. The number of aromatic hydroxyl groups is 1. The van der Waals surface area contributed by atoms with Gasteiger partial charge in [-0.2, -0.15) is 5.10 Å². The number of hydrogen-bond acceptors (Lipinski definition) is 4. The number of nitrogens with zero attached hydrogens (tertiary/aromatic N) is 2. The maximum absolute atomic E-state index is 12.2. The van der Waals surface area contributed by atoms with E-state index in [9.17, 15) is 9.90 Å². The Morgan fingerprint density at radius 2 is 1.77 bits per heavy atom. The number of carbonyl (C=O) groups is 1. The minimum atomic E-state index is -0.732. The van der Waals surface area contributed by atoms with Crippen LogP contribution in [0.15, 0.2) is 42.5 Å². The van der Waals surface area contributed by atoms with Crippen LogP contribution in [0.4, 0.5) is 0 Å². The van der Waals surface area contributed by atoms with Crippen LogP contribution in [0.25, 0.3) is 16.9 Å². The smallest absolute Gasteiger partial charge is 0.362 e. The molecule has 0 atom stereocenters. The molecule has 0 aliphatic heterocycles. The van der Waals surface area contributed by atoms with Crippen LogP contribution in [0.2, 0.25) is 15.1 Å². The second-order valence-electron chi connectivity index (χ2n) is 5.28. The van der Waals surface area contributed by atoms with Gasteiger partial charge in [0.1, 0.15) is 5.69 Å². The van der Waals surface area contributed by atoms with Crippen molar-refractivity contribution in [2.45, 2.75) is 6.92 Å². The largest absolute Gasteiger partial charge is 0.504 e. The molecule has 0 aliphatic rings. The van der Waals surface area contributed by atoms with Crippen molar-refractivity contribution >= 4 is 40.8 Å². The molecule has 0 saturated carbocycles. The maximum atomic E-state index is 12.2. The fourth-order valence-electron chi connectivity index (χ4n) is 2.44. The molecule has 1 aromatic heterocycles. The second kappa shape index (κ2) is 7.58. The molecule has 0 fully saturated rings. The molecule has 0 amide bonds. The van der Waals surface area contributed by atoms with Crippen LogP contribution in [0.5, 0.6) is 5.75 Å². The van der Waals surface area contributed by atoms with E-state index in [2.05, 4.69) is 5.10 Å². The van der Waals surface area contributed by atoms with Gasteiger partial charge >= 0.3 is 5.97 Å². The van der Waals surface area contributed by atoms with Crippen molar-refractivity contribution in [1.82, 2.24) is 9.78 Å². The average Bonchev–Trinajstić information content (AvgIpc) is 2.93. The number of benzene rings is 2. The van der Waals surface area contributed by atoms with Gasteiger partial charge in [-0.05, 0) is 37.3 Å². The number of carbonyl (C=O) groups excluding carboxylic acids is 1. The highest BCUT2D eigenvalue weighted by Gasteiger charge is 2.26. The molecule has 0 spiro atoms. The van der Waals surface area contributed by atoms with Crippen LogP contribution in [-0.2, 0) is 4.74 Å². The third kappa shape index (κ3) is 3.51. The first-order chi connectivity index (χ1) is 12.4. The quantitative estimate of drug-likeness (QED) is 0.585. The summed E-state index contributed by atoms with van der Waals surface area (Å²) < 4.78 is 6.35. The molecule has 0 bridgehead atoms. The fraction of sp³-hybridized carbons (Fsp3) is 0.111. The Morgan fingerprint density at radius 3 is 2.38 bits per heavy atom. The predicted octanol–water partition coefficient (Wildman–Crippen LogP) is 5.38. The summed E-state index contributed by atoms with van der Waals surface area (Å²) in [5.74, 6) is -1.04. The topological polar surface area (TPSA) is 64.3 Å².